The smallest absolute Gasteiger partial charge is 0.0220 e. The average molecular weight is 235 g/mol. The third-order valence-electron chi connectivity index (χ3n) is 3.53. The van der Waals surface area contributed by atoms with Gasteiger partial charge in [-0.05, 0) is 64.0 Å². The largest absolute Gasteiger partial charge is 0.354 e. The van der Waals surface area contributed by atoms with E-state index in [0.717, 1.165) is 19.6 Å². The van der Waals surface area contributed by atoms with E-state index in [1.54, 1.807) is 0 Å². The molecule has 0 unspecified atom stereocenters. The molecule has 1 aliphatic rings. The van der Waals surface area contributed by atoms with Gasteiger partial charge in [0, 0.05) is 25.5 Å². The Morgan fingerprint density at radius 2 is 2.12 bits per heavy atom. The summed E-state index contributed by atoms with van der Waals surface area (Å²) in [5, 5.41) is 3.52. The minimum Gasteiger partial charge on any atom is -0.354 e. The van der Waals surface area contributed by atoms with E-state index in [1.807, 2.05) is 0 Å². The lowest BCUT2D eigenvalue weighted by Gasteiger charge is -2.14. The Bertz CT molecular complexity index is 313. The number of hydrogen-bond donors (Lipinski definition) is 1. The maximum atomic E-state index is 3.52. The molecule has 3 nitrogen and oxygen atoms in total. The van der Waals surface area contributed by atoms with Gasteiger partial charge in [0.05, 0.1) is 0 Å². The fraction of sp³-hybridized carbons (Fsp3) is 0.714. The van der Waals surface area contributed by atoms with E-state index in [-0.39, 0.29) is 0 Å². The summed E-state index contributed by atoms with van der Waals surface area (Å²) in [5.74, 6) is 0. The Kier molecular flexibility index (Phi) is 5.08. The zero-order valence-electron chi connectivity index (χ0n) is 11.0. The Hall–Kier alpha value is -0.800. The van der Waals surface area contributed by atoms with E-state index in [9.17, 15) is 0 Å². The van der Waals surface area contributed by atoms with Gasteiger partial charge in [0.1, 0.15) is 0 Å². The molecular formula is C14H25N3. The Morgan fingerprint density at radius 1 is 1.29 bits per heavy atom. The first kappa shape index (κ1) is 12.7. The number of nitrogens with one attached hydrogen (secondary N) is 1. The lowest BCUT2D eigenvalue weighted by Crippen LogP contribution is -2.24. The fourth-order valence-corrected chi connectivity index (χ4v) is 2.46. The number of aryl methyl sites for hydroxylation is 1. The van der Waals surface area contributed by atoms with Crippen LogP contribution in [0.5, 0.6) is 0 Å². The monoisotopic (exact) mass is 235 g/mol. The Morgan fingerprint density at radius 3 is 2.82 bits per heavy atom. The average Bonchev–Trinajstić information content (AvgIpc) is 2.99. The minimum absolute atomic E-state index is 1.01. The molecule has 0 saturated carbocycles. The highest BCUT2D eigenvalue weighted by Crippen LogP contribution is 2.07. The number of hydrogen-bond acceptors (Lipinski definition) is 2. The number of nitrogens with zero attached hydrogens (tertiary/aromatic N) is 2. The highest BCUT2D eigenvalue weighted by Gasteiger charge is 2.09. The number of aromatic nitrogens is 1. The van der Waals surface area contributed by atoms with Crippen molar-refractivity contribution in [3.8, 4) is 0 Å². The lowest BCUT2D eigenvalue weighted by molar-refractivity contribution is 0.331. The summed E-state index contributed by atoms with van der Waals surface area (Å²) in [7, 11) is 0. The minimum atomic E-state index is 1.01. The van der Waals surface area contributed by atoms with Crippen molar-refractivity contribution in [2.24, 2.45) is 0 Å². The summed E-state index contributed by atoms with van der Waals surface area (Å²) in [4.78, 5) is 2.58. The first-order chi connectivity index (χ1) is 8.38. The van der Waals surface area contributed by atoms with Crippen LogP contribution in [-0.2, 0) is 13.1 Å². The summed E-state index contributed by atoms with van der Waals surface area (Å²) in [5.41, 5.74) is 1.40. The number of rotatable bonds is 7. The van der Waals surface area contributed by atoms with Crippen molar-refractivity contribution >= 4 is 0 Å². The normalized spacial score (nSPS) is 16.8. The molecule has 1 N–H and O–H groups in total. The zero-order valence-corrected chi connectivity index (χ0v) is 11.0. The van der Waals surface area contributed by atoms with Crippen LogP contribution in [-0.4, -0.2) is 35.6 Å². The Labute approximate surface area is 105 Å². The molecule has 0 bridgehead atoms. The van der Waals surface area contributed by atoms with Gasteiger partial charge in [0.25, 0.3) is 0 Å². The highest BCUT2D eigenvalue weighted by atomic mass is 15.1. The van der Waals surface area contributed by atoms with Gasteiger partial charge in [0.2, 0.25) is 0 Å². The molecule has 1 saturated heterocycles. The maximum absolute atomic E-state index is 3.52. The molecule has 1 aromatic rings. The van der Waals surface area contributed by atoms with Crippen molar-refractivity contribution in [3.63, 3.8) is 0 Å². The summed E-state index contributed by atoms with van der Waals surface area (Å²) in [6.07, 6.45) is 8.46. The van der Waals surface area contributed by atoms with Crippen molar-refractivity contribution in [3.05, 3.63) is 24.0 Å². The van der Waals surface area contributed by atoms with Crippen molar-refractivity contribution in [1.29, 1.82) is 0 Å². The Balaban J connectivity index is 1.53. The molecule has 0 radical (unpaired) electrons. The molecule has 1 fully saturated rings. The summed E-state index contributed by atoms with van der Waals surface area (Å²) in [6.45, 7) is 9.28. The second-order valence-corrected chi connectivity index (χ2v) is 4.93. The van der Waals surface area contributed by atoms with Crippen LogP contribution in [0.25, 0.3) is 0 Å². The third kappa shape index (κ3) is 4.17. The van der Waals surface area contributed by atoms with Gasteiger partial charge in [-0.3, -0.25) is 0 Å². The summed E-state index contributed by atoms with van der Waals surface area (Å²) < 4.78 is 2.22. The standard InChI is InChI=1S/C14H25N3/c1-2-16-11-6-14(13-16)12-15-7-5-10-17-8-3-4-9-17/h6,11,13,15H,2-5,7-10,12H2,1H3. The van der Waals surface area contributed by atoms with E-state index in [0.29, 0.717) is 0 Å². The van der Waals surface area contributed by atoms with Crippen LogP contribution in [0.15, 0.2) is 18.5 Å². The van der Waals surface area contributed by atoms with E-state index in [1.165, 1.54) is 44.5 Å². The molecule has 0 aliphatic carbocycles. The molecule has 1 aromatic heterocycles. The van der Waals surface area contributed by atoms with Gasteiger partial charge in [-0.15, -0.1) is 0 Å². The summed E-state index contributed by atoms with van der Waals surface area (Å²) in [6, 6.07) is 2.21. The van der Waals surface area contributed by atoms with E-state index in [2.05, 4.69) is 40.2 Å². The molecule has 2 heterocycles. The maximum Gasteiger partial charge on any atom is 0.0220 e. The molecule has 2 rings (SSSR count). The predicted octanol–water partition coefficient (Wildman–Crippen LogP) is 2.08. The molecule has 17 heavy (non-hydrogen) atoms. The van der Waals surface area contributed by atoms with Crippen molar-refractivity contribution in [2.75, 3.05) is 26.2 Å². The molecule has 0 amide bonds. The molecule has 0 atom stereocenters. The second-order valence-electron chi connectivity index (χ2n) is 4.93. The van der Waals surface area contributed by atoms with Gasteiger partial charge < -0.3 is 14.8 Å². The van der Waals surface area contributed by atoms with Crippen LogP contribution < -0.4 is 5.32 Å². The van der Waals surface area contributed by atoms with Gasteiger partial charge in [-0.2, -0.15) is 0 Å². The van der Waals surface area contributed by atoms with Crippen molar-refractivity contribution in [2.45, 2.75) is 39.3 Å². The van der Waals surface area contributed by atoms with Gasteiger partial charge >= 0.3 is 0 Å². The van der Waals surface area contributed by atoms with E-state index >= 15 is 0 Å². The lowest BCUT2D eigenvalue weighted by atomic mass is 10.3. The molecule has 3 heteroatoms. The van der Waals surface area contributed by atoms with Crippen LogP contribution in [0.4, 0.5) is 0 Å². The van der Waals surface area contributed by atoms with Crippen LogP contribution >= 0.6 is 0 Å². The SMILES string of the molecule is CCn1ccc(CNCCCN2CCCC2)c1. The predicted molar refractivity (Wildman–Crippen MR) is 72.1 cm³/mol. The van der Waals surface area contributed by atoms with Gasteiger partial charge in [0.15, 0.2) is 0 Å². The van der Waals surface area contributed by atoms with Gasteiger partial charge in [-0.25, -0.2) is 0 Å². The first-order valence-corrected chi connectivity index (χ1v) is 6.96. The zero-order chi connectivity index (χ0) is 11.9. The molecule has 0 aromatic carbocycles. The highest BCUT2D eigenvalue weighted by molar-refractivity contribution is 5.09. The fourth-order valence-electron chi connectivity index (χ4n) is 2.46. The molecular weight excluding hydrogens is 210 g/mol. The van der Waals surface area contributed by atoms with Crippen molar-refractivity contribution in [1.82, 2.24) is 14.8 Å². The second kappa shape index (κ2) is 6.82. The molecule has 96 valence electrons. The quantitative estimate of drug-likeness (QED) is 0.730. The molecule has 0 spiro atoms. The van der Waals surface area contributed by atoms with Gasteiger partial charge in [-0.1, -0.05) is 0 Å². The molecule has 1 aliphatic heterocycles. The van der Waals surface area contributed by atoms with Crippen molar-refractivity contribution < 1.29 is 0 Å². The third-order valence-corrected chi connectivity index (χ3v) is 3.53. The van der Waals surface area contributed by atoms with Crippen LogP contribution in [0.3, 0.4) is 0 Å². The van der Waals surface area contributed by atoms with Crippen LogP contribution in [0.1, 0.15) is 31.7 Å². The van der Waals surface area contributed by atoms with Crippen LogP contribution in [0, 0.1) is 0 Å². The van der Waals surface area contributed by atoms with Crippen LogP contribution in [0.2, 0.25) is 0 Å². The van der Waals surface area contributed by atoms with E-state index < -0.39 is 0 Å². The first-order valence-electron chi connectivity index (χ1n) is 6.96. The topological polar surface area (TPSA) is 20.2 Å². The number of likely N-dealkylation sites (tertiary alicyclic amines) is 1. The van der Waals surface area contributed by atoms with E-state index in [4.69, 9.17) is 0 Å². The summed E-state index contributed by atoms with van der Waals surface area (Å²) >= 11 is 0.